The molecule has 5 nitrogen and oxygen atoms in total. The van der Waals surface area contributed by atoms with Gasteiger partial charge in [-0.2, -0.15) is 0 Å². The van der Waals surface area contributed by atoms with E-state index in [1.165, 1.54) is 6.20 Å². The second kappa shape index (κ2) is 5.11. The van der Waals surface area contributed by atoms with Crippen molar-refractivity contribution < 1.29 is 44.9 Å². The van der Waals surface area contributed by atoms with Crippen LogP contribution in [0.2, 0.25) is 0 Å². The predicted octanol–water partition coefficient (Wildman–Crippen LogP) is -4.12. The first kappa shape index (κ1) is 13.1. The Morgan fingerprint density at radius 3 is 2.71 bits per heavy atom. The zero-order chi connectivity index (χ0) is 8.55. The summed E-state index contributed by atoms with van der Waals surface area (Å²) < 4.78 is 1.63. The fourth-order valence-corrected chi connectivity index (χ4v) is 1.03. The van der Waals surface area contributed by atoms with Crippen molar-refractivity contribution in [3.05, 3.63) is 36.3 Å². The average Bonchev–Trinajstić information content (AvgIpc) is 2.46. The molecule has 0 atom stereocenters. The van der Waals surface area contributed by atoms with Crippen molar-refractivity contribution in [3.63, 3.8) is 0 Å². The molecule has 0 fully saturated rings. The number of nitrogens with zero attached hydrogens (tertiary/aromatic N) is 2. The van der Waals surface area contributed by atoms with Gasteiger partial charge in [0.2, 0.25) is 0 Å². The third-order valence-corrected chi connectivity index (χ3v) is 1.57. The number of fused-ring (bicyclic) bond motifs is 1. The molecule has 0 aliphatic heterocycles. The van der Waals surface area contributed by atoms with Crippen molar-refractivity contribution in [2.75, 3.05) is 0 Å². The fraction of sp³-hybridized carbons (Fsp3) is 0. The van der Waals surface area contributed by atoms with E-state index in [1.807, 2.05) is 0 Å². The molecule has 0 amide bonds. The summed E-state index contributed by atoms with van der Waals surface area (Å²) in [6.45, 7) is 0. The largest absolute Gasteiger partial charge is 1.00 e. The van der Waals surface area contributed by atoms with Gasteiger partial charge in [0.25, 0.3) is 0 Å². The van der Waals surface area contributed by atoms with Crippen molar-refractivity contribution in [1.29, 1.82) is 0 Å². The molecular formula is C8H7N2NaO3. The summed E-state index contributed by atoms with van der Waals surface area (Å²) in [5.74, 6) is -1.25. The zero-order valence-corrected chi connectivity index (χ0v) is 9.60. The number of carbonyl (C=O) groups is 1. The van der Waals surface area contributed by atoms with E-state index in [2.05, 4.69) is 4.98 Å². The molecule has 2 N–H and O–H groups in total. The van der Waals surface area contributed by atoms with Crippen LogP contribution in [0.1, 0.15) is 10.5 Å². The van der Waals surface area contributed by atoms with Gasteiger partial charge in [0.05, 0.1) is 5.97 Å². The van der Waals surface area contributed by atoms with E-state index in [4.69, 9.17) is 0 Å². The van der Waals surface area contributed by atoms with Crippen LogP contribution in [0.3, 0.4) is 0 Å². The Morgan fingerprint density at radius 1 is 1.43 bits per heavy atom. The molecule has 0 saturated heterocycles. The van der Waals surface area contributed by atoms with E-state index >= 15 is 0 Å². The second-order valence-corrected chi connectivity index (χ2v) is 2.38. The van der Waals surface area contributed by atoms with Crippen LogP contribution < -0.4 is 34.7 Å². The maximum atomic E-state index is 10.4. The van der Waals surface area contributed by atoms with E-state index in [0.717, 1.165) is 0 Å². The molecule has 0 bridgehead atoms. The number of hydrogen-bond acceptors (Lipinski definition) is 3. The summed E-state index contributed by atoms with van der Waals surface area (Å²) in [5.41, 5.74) is 0.568. The maximum absolute atomic E-state index is 10.4. The molecule has 0 aliphatic rings. The van der Waals surface area contributed by atoms with E-state index in [1.54, 1.807) is 28.8 Å². The molecule has 0 aliphatic carbocycles. The number of pyridine rings is 1. The monoisotopic (exact) mass is 202 g/mol. The SMILES string of the molecule is O.O=C([O-])c1cn2ccccc2n1.[Na+]. The van der Waals surface area contributed by atoms with Gasteiger partial charge >= 0.3 is 29.6 Å². The van der Waals surface area contributed by atoms with Gasteiger partial charge in [0.1, 0.15) is 11.3 Å². The quantitative estimate of drug-likeness (QED) is 0.440. The van der Waals surface area contributed by atoms with Gasteiger partial charge in [-0.3, -0.25) is 0 Å². The first-order valence-corrected chi connectivity index (χ1v) is 3.42. The molecule has 2 aromatic heterocycles. The maximum Gasteiger partial charge on any atom is 1.00 e. The summed E-state index contributed by atoms with van der Waals surface area (Å²) in [6, 6.07) is 5.32. The van der Waals surface area contributed by atoms with Crippen LogP contribution in [0.4, 0.5) is 0 Å². The van der Waals surface area contributed by atoms with Gasteiger partial charge in [0.15, 0.2) is 0 Å². The van der Waals surface area contributed by atoms with Crippen LogP contribution in [0.25, 0.3) is 5.65 Å². The number of aromatic nitrogens is 2. The molecule has 0 unspecified atom stereocenters. The number of carboxylic acid groups (broad SMARTS) is 1. The number of carbonyl (C=O) groups excluding carboxylic acids is 1. The summed E-state index contributed by atoms with van der Waals surface area (Å²) in [6.07, 6.45) is 3.15. The van der Waals surface area contributed by atoms with Gasteiger partial charge < -0.3 is 19.8 Å². The topological polar surface area (TPSA) is 88.9 Å². The normalized spacial score (nSPS) is 8.86. The molecule has 14 heavy (non-hydrogen) atoms. The molecule has 0 radical (unpaired) electrons. The summed E-state index contributed by atoms with van der Waals surface area (Å²) in [7, 11) is 0. The number of hydrogen-bond donors (Lipinski definition) is 0. The van der Waals surface area contributed by atoms with E-state index in [-0.39, 0.29) is 40.7 Å². The third kappa shape index (κ3) is 2.33. The molecule has 2 aromatic rings. The second-order valence-electron chi connectivity index (χ2n) is 2.38. The minimum absolute atomic E-state index is 0. The van der Waals surface area contributed by atoms with E-state index < -0.39 is 5.97 Å². The third-order valence-electron chi connectivity index (χ3n) is 1.57. The summed E-state index contributed by atoms with van der Waals surface area (Å²) in [5, 5.41) is 10.4. The van der Waals surface area contributed by atoms with Crippen molar-refractivity contribution in [2.45, 2.75) is 0 Å². The number of aromatic carboxylic acids is 1. The Hall–Kier alpha value is -0.880. The molecule has 2 heterocycles. The molecule has 68 valence electrons. The average molecular weight is 202 g/mol. The Balaban J connectivity index is 0.000000845. The molecule has 0 spiro atoms. The van der Waals surface area contributed by atoms with E-state index in [9.17, 15) is 9.90 Å². The smallest absolute Gasteiger partial charge is 0.543 e. The molecular weight excluding hydrogens is 195 g/mol. The van der Waals surface area contributed by atoms with Crippen LogP contribution in [-0.2, 0) is 0 Å². The van der Waals surface area contributed by atoms with Crippen LogP contribution in [0.15, 0.2) is 30.6 Å². The van der Waals surface area contributed by atoms with Gasteiger partial charge in [0, 0.05) is 12.4 Å². The fourth-order valence-electron chi connectivity index (χ4n) is 1.03. The van der Waals surface area contributed by atoms with Crippen molar-refractivity contribution in [1.82, 2.24) is 9.38 Å². The number of carboxylic acids is 1. The van der Waals surface area contributed by atoms with Crippen LogP contribution in [-0.4, -0.2) is 20.8 Å². The number of rotatable bonds is 1. The standard InChI is InChI=1S/C8H6N2O2.Na.H2O/c11-8(12)6-5-10-4-2-1-3-7(10)9-6;;/h1-5H,(H,11,12);;1H2/q;+1;/p-1. The Morgan fingerprint density at radius 2 is 2.14 bits per heavy atom. The van der Waals surface area contributed by atoms with Gasteiger partial charge in [-0.1, -0.05) is 6.07 Å². The Labute approximate surface area is 102 Å². The first-order chi connectivity index (χ1) is 5.77. The zero-order valence-electron chi connectivity index (χ0n) is 7.60. The van der Waals surface area contributed by atoms with E-state index in [0.29, 0.717) is 5.65 Å². The van der Waals surface area contributed by atoms with Gasteiger partial charge in [-0.25, -0.2) is 4.98 Å². The molecule has 6 heteroatoms. The number of imidazole rings is 1. The summed E-state index contributed by atoms with van der Waals surface area (Å²) >= 11 is 0. The van der Waals surface area contributed by atoms with Crippen LogP contribution in [0.5, 0.6) is 0 Å². The molecule has 2 rings (SSSR count). The van der Waals surface area contributed by atoms with Crippen LogP contribution in [0, 0.1) is 0 Å². The van der Waals surface area contributed by atoms with Crippen molar-refractivity contribution in [3.8, 4) is 0 Å². The minimum atomic E-state index is -1.25. The van der Waals surface area contributed by atoms with Crippen LogP contribution >= 0.6 is 0 Å². The first-order valence-electron chi connectivity index (χ1n) is 3.42. The van der Waals surface area contributed by atoms with Gasteiger partial charge in [-0.05, 0) is 12.1 Å². The van der Waals surface area contributed by atoms with Crippen molar-refractivity contribution in [2.24, 2.45) is 0 Å². The summed E-state index contributed by atoms with van der Waals surface area (Å²) in [4.78, 5) is 14.2. The Kier molecular flexibility index (Phi) is 4.79. The van der Waals surface area contributed by atoms with Gasteiger partial charge in [-0.15, -0.1) is 0 Å². The molecule has 0 aromatic carbocycles. The Bertz CT molecular complexity index is 408. The molecule has 0 saturated carbocycles. The minimum Gasteiger partial charge on any atom is -0.543 e. The van der Waals surface area contributed by atoms with Crippen molar-refractivity contribution >= 4 is 11.6 Å². The predicted molar refractivity (Wildman–Crippen MR) is 43.1 cm³/mol.